The van der Waals surface area contributed by atoms with Gasteiger partial charge in [0.25, 0.3) is 0 Å². The molecule has 23 heavy (non-hydrogen) atoms. The van der Waals surface area contributed by atoms with Gasteiger partial charge in [-0.3, -0.25) is 9.59 Å². The fourth-order valence-electron chi connectivity index (χ4n) is 2.70. The third-order valence-electron chi connectivity index (χ3n) is 3.95. The molecule has 0 aliphatic carbocycles. The van der Waals surface area contributed by atoms with Crippen LogP contribution in [-0.4, -0.2) is 45.7 Å². The summed E-state index contributed by atoms with van der Waals surface area (Å²) in [7, 11) is 3.21. The second-order valence-electron chi connectivity index (χ2n) is 5.72. The van der Waals surface area contributed by atoms with Crippen molar-refractivity contribution >= 4 is 17.5 Å². The summed E-state index contributed by atoms with van der Waals surface area (Å²) in [6.07, 6.45) is 0.992. The van der Waals surface area contributed by atoms with Gasteiger partial charge in [-0.1, -0.05) is 6.07 Å². The van der Waals surface area contributed by atoms with Gasteiger partial charge < -0.3 is 19.7 Å². The van der Waals surface area contributed by atoms with Crippen molar-refractivity contribution in [2.24, 2.45) is 5.92 Å². The highest BCUT2D eigenvalue weighted by Gasteiger charge is 2.36. The lowest BCUT2D eigenvalue weighted by Crippen LogP contribution is -2.33. The molecule has 1 saturated heterocycles. The van der Waals surface area contributed by atoms with E-state index in [0.717, 1.165) is 17.7 Å². The number of carbonyl (C=O) groups excluding carboxylic acids is 2. The molecule has 1 heterocycles. The SMILES string of the molecule is COCCCNC(=O)C1CC(=O)N(c2cc(C)ccc2OC)C1. The number of hydrogen-bond donors (Lipinski definition) is 1. The van der Waals surface area contributed by atoms with Crippen LogP contribution in [0.5, 0.6) is 5.75 Å². The topological polar surface area (TPSA) is 67.9 Å². The first-order valence-electron chi connectivity index (χ1n) is 7.78. The number of carbonyl (C=O) groups is 2. The van der Waals surface area contributed by atoms with Crippen LogP contribution < -0.4 is 15.0 Å². The summed E-state index contributed by atoms with van der Waals surface area (Å²) in [5.74, 6) is 0.190. The Balaban J connectivity index is 2.02. The molecular weight excluding hydrogens is 296 g/mol. The number of amides is 2. The summed E-state index contributed by atoms with van der Waals surface area (Å²) >= 11 is 0. The van der Waals surface area contributed by atoms with Gasteiger partial charge >= 0.3 is 0 Å². The summed E-state index contributed by atoms with van der Waals surface area (Å²) < 4.78 is 10.3. The van der Waals surface area contributed by atoms with Gasteiger partial charge in [0.2, 0.25) is 11.8 Å². The summed E-state index contributed by atoms with van der Waals surface area (Å²) in [4.78, 5) is 26.2. The van der Waals surface area contributed by atoms with E-state index < -0.39 is 0 Å². The smallest absolute Gasteiger partial charge is 0.227 e. The minimum atomic E-state index is -0.324. The molecule has 1 N–H and O–H groups in total. The summed E-state index contributed by atoms with van der Waals surface area (Å²) in [6, 6.07) is 5.69. The first-order chi connectivity index (χ1) is 11.1. The average Bonchev–Trinajstić information content (AvgIpc) is 2.93. The van der Waals surface area contributed by atoms with E-state index in [9.17, 15) is 9.59 Å². The van der Waals surface area contributed by atoms with E-state index in [-0.39, 0.29) is 24.2 Å². The predicted molar refractivity (Wildman–Crippen MR) is 87.7 cm³/mol. The molecule has 1 unspecified atom stereocenters. The predicted octanol–water partition coefficient (Wildman–Crippen LogP) is 1.51. The number of rotatable bonds is 7. The van der Waals surface area contributed by atoms with Crippen molar-refractivity contribution in [1.82, 2.24) is 5.32 Å². The first kappa shape index (κ1) is 17.3. The molecule has 1 atom stereocenters. The number of aryl methyl sites for hydroxylation is 1. The Morgan fingerprint density at radius 3 is 2.87 bits per heavy atom. The van der Waals surface area contributed by atoms with Crippen molar-refractivity contribution in [2.75, 3.05) is 38.8 Å². The maximum atomic E-state index is 12.3. The van der Waals surface area contributed by atoms with Gasteiger partial charge in [0.05, 0.1) is 18.7 Å². The van der Waals surface area contributed by atoms with E-state index in [1.807, 2.05) is 25.1 Å². The third-order valence-corrected chi connectivity index (χ3v) is 3.95. The van der Waals surface area contributed by atoms with Crippen LogP contribution in [0.15, 0.2) is 18.2 Å². The van der Waals surface area contributed by atoms with Gasteiger partial charge in [-0.15, -0.1) is 0 Å². The highest BCUT2D eigenvalue weighted by molar-refractivity contribution is 6.01. The lowest BCUT2D eigenvalue weighted by molar-refractivity contribution is -0.126. The van der Waals surface area contributed by atoms with Crippen molar-refractivity contribution in [3.05, 3.63) is 23.8 Å². The molecule has 0 radical (unpaired) electrons. The maximum absolute atomic E-state index is 12.3. The Labute approximate surface area is 136 Å². The number of ether oxygens (including phenoxy) is 2. The third kappa shape index (κ3) is 4.22. The Hall–Kier alpha value is -2.08. The standard InChI is InChI=1S/C17H24N2O4/c1-12-5-6-15(23-3)14(9-12)19-11-13(10-16(19)20)17(21)18-7-4-8-22-2/h5-6,9,13H,4,7-8,10-11H2,1-3H3,(H,18,21). The first-order valence-corrected chi connectivity index (χ1v) is 7.78. The molecule has 1 aromatic carbocycles. The molecule has 0 spiro atoms. The van der Waals surface area contributed by atoms with Gasteiger partial charge in [-0.25, -0.2) is 0 Å². The van der Waals surface area contributed by atoms with Crippen LogP contribution in [0.3, 0.4) is 0 Å². The zero-order valence-corrected chi connectivity index (χ0v) is 13.9. The van der Waals surface area contributed by atoms with E-state index in [2.05, 4.69) is 5.32 Å². The van der Waals surface area contributed by atoms with E-state index in [1.54, 1.807) is 19.1 Å². The van der Waals surface area contributed by atoms with Gasteiger partial charge in [0.1, 0.15) is 5.75 Å². The maximum Gasteiger partial charge on any atom is 0.227 e. The molecule has 1 aliphatic heterocycles. The van der Waals surface area contributed by atoms with Gasteiger partial charge in [0, 0.05) is 33.2 Å². The normalized spacial score (nSPS) is 17.4. The largest absolute Gasteiger partial charge is 0.495 e. The van der Waals surface area contributed by atoms with Crippen molar-refractivity contribution in [2.45, 2.75) is 19.8 Å². The molecule has 6 heteroatoms. The van der Waals surface area contributed by atoms with E-state index in [1.165, 1.54) is 0 Å². The Morgan fingerprint density at radius 1 is 1.39 bits per heavy atom. The Bertz CT molecular complexity index is 574. The molecule has 126 valence electrons. The number of anilines is 1. The molecule has 0 aromatic heterocycles. The number of hydrogen-bond acceptors (Lipinski definition) is 4. The van der Waals surface area contributed by atoms with E-state index >= 15 is 0 Å². The van der Waals surface area contributed by atoms with Gasteiger partial charge in [-0.2, -0.15) is 0 Å². The summed E-state index contributed by atoms with van der Waals surface area (Å²) in [6.45, 7) is 3.51. The molecule has 2 amide bonds. The minimum absolute atomic E-state index is 0.0501. The Morgan fingerprint density at radius 2 is 2.17 bits per heavy atom. The molecule has 0 saturated carbocycles. The van der Waals surface area contributed by atoms with Crippen molar-refractivity contribution in [3.8, 4) is 5.75 Å². The average molecular weight is 320 g/mol. The van der Waals surface area contributed by atoms with Crippen LogP contribution in [0.2, 0.25) is 0 Å². The number of nitrogens with one attached hydrogen (secondary N) is 1. The molecular formula is C17H24N2O4. The zero-order chi connectivity index (χ0) is 16.8. The molecule has 2 rings (SSSR count). The quantitative estimate of drug-likeness (QED) is 0.773. The van der Waals surface area contributed by atoms with E-state index in [0.29, 0.717) is 25.4 Å². The molecule has 1 aromatic rings. The van der Waals surface area contributed by atoms with Crippen LogP contribution in [0.4, 0.5) is 5.69 Å². The molecule has 0 bridgehead atoms. The van der Waals surface area contributed by atoms with Crippen LogP contribution in [0.1, 0.15) is 18.4 Å². The summed E-state index contributed by atoms with van der Waals surface area (Å²) in [5.41, 5.74) is 1.77. The van der Waals surface area contributed by atoms with Crippen LogP contribution >= 0.6 is 0 Å². The number of benzene rings is 1. The van der Waals surface area contributed by atoms with Crippen molar-refractivity contribution < 1.29 is 19.1 Å². The van der Waals surface area contributed by atoms with Gasteiger partial charge in [0.15, 0.2) is 0 Å². The Kier molecular flexibility index (Phi) is 5.98. The number of nitrogens with zero attached hydrogens (tertiary/aromatic N) is 1. The van der Waals surface area contributed by atoms with E-state index in [4.69, 9.17) is 9.47 Å². The minimum Gasteiger partial charge on any atom is -0.495 e. The van der Waals surface area contributed by atoms with Gasteiger partial charge in [-0.05, 0) is 31.0 Å². The highest BCUT2D eigenvalue weighted by atomic mass is 16.5. The van der Waals surface area contributed by atoms with Crippen LogP contribution in [0, 0.1) is 12.8 Å². The lowest BCUT2D eigenvalue weighted by atomic mass is 10.1. The fraction of sp³-hybridized carbons (Fsp3) is 0.529. The molecule has 1 aliphatic rings. The summed E-state index contributed by atoms with van der Waals surface area (Å²) in [5, 5.41) is 2.86. The molecule has 6 nitrogen and oxygen atoms in total. The zero-order valence-electron chi connectivity index (χ0n) is 13.9. The number of methoxy groups -OCH3 is 2. The highest BCUT2D eigenvalue weighted by Crippen LogP contribution is 2.33. The van der Waals surface area contributed by atoms with Crippen molar-refractivity contribution in [3.63, 3.8) is 0 Å². The van der Waals surface area contributed by atoms with Crippen molar-refractivity contribution in [1.29, 1.82) is 0 Å². The lowest BCUT2D eigenvalue weighted by Gasteiger charge is -2.20. The second-order valence-corrected chi connectivity index (χ2v) is 5.72. The van der Waals surface area contributed by atoms with Crippen LogP contribution in [0.25, 0.3) is 0 Å². The monoisotopic (exact) mass is 320 g/mol. The van der Waals surface area contributed by atoms with Crippen LogP contribution in [-0.2, 0) is 14.3 Å². The fourth-order valence-corrected chi connectivity index (χ4v) is 2.70. The second kappa shape index (κ2) is 7.97. The molecule has 1 fully saturated rings.